The molecule has 1 fully saturated rings. The Labute approximate surface area is 245 Å². The highest BCUT2D eigenvalue weighted by Crippen LogP contribution is 2.37. The molecule has 0 unspecified atom stereocenters. The van der Waals surface area contributed by atoms with Crippen molar-refractivity contribution in [2.75, 3.05) is 13.2 Å². The van der Waals surface area contributed by atoms with Gasteiger partial charge in [-0.2, -0.15) is 8.78 Å². The first kappa shape index (κ1) is 30.6. The van der Waals surface area contributed by atoms with Crippen LogP contribution in [0.4, 0.5) is 26.3 Å². The van der Waals surface area contributed by atoms with Gasteiger partial charge in [0.25, 0.3) is 0 Å². The van der Waals surface area contributed by atoms with Crippen LogP contribution in [0.25, 0.3) is 22.4 Å². The molecule has 226 valence electrons. The van der Waals surface area contributed by atoms with Gasteiger partial charge in [-0.25, -0.2) is 17.6 Å². The summed E-state index contributed by atoms with van der Waals surface area (Å²) in [5, 5.41) is 0. The molecule has 0 aliphatic carbocycles. The van der Waals surface area contributed by atoms with Crippen LogP contribution in [0.2, 0.25) is 0 Å². The molecule has 1 aromatic heterocycles. The lowest BCUT2D eigenvalue weighted by molar-refractivity contribution is -0.206. The van der Waals surface area contributed by atoms with Crippen LogP contribution in [0.15, 0.2) is 72.9 Å². The summed E-state index contributed by atoms with van der Waals surface area (Å²) in [5.74, 6) is -4.41. The third-order valence-electron chi connectivity index (χ3n) is 7.24. The van der Waals surface area contributed by atoms with E-state index in [2.05, 4.69) is 11.9 Å². The summed E-state index contributed by atoms with van der Waals surface area (Å²) in [7, 11) is 0. The topological polar surface area (TPSA) is 40.6 Å². The molecular weight excluding hydrogens is 572 g/mol. The molecule has 43 heavy (non-hydrogen) atoms. The van der Waals surface area contributed by atoms with E-state index in [0.717, 1.165) is 62.1 Å². The molecule has 0 N–H and O–H groups in total. The zero-order chi connectivity index (χ0) is 30.6. The molecular formula is C33H29F6NO3. The quantitative estimate of drug-likeness (QED) is 0.134. The minimum atomic E-state index is -4.11. The number of benzene rings is 3. The number of ether oxygens (including phenoxy) is 3. The van der Waals surface area contributed by atoms with Crippen molar-refractivity contribution in [3.05, 3.63) is 107 Å². The average Bonchev–Trinajstić information content (AvgIpc) is 2.99. The third kappa shape index (κ3) is 7.19. The smallest absolute Gasteiger partial charge is 0.429 e. The Hall–Kier alpha value is -3.89. The number of alkyl halides is 2. The average molecular weight is 602 g/mol. The summed E-state index contributed by atoms with van der Waals surface area (Å²) in [6.07, 6.45) is 0.598. The van der Waals surface area contributed by atoms with Crippen molar-refractivity contribution in [2.45, 2.75) is 45.0 Å². The Morgan fingerprint density at radius 2 is 1.56 bits per heavy atom. The van der Waals surface area contributed by atoms with Gasteiger partial charge in [-0.3, -0.25) is 4.98 Å². The van der Waals surface area contributed by atoms with E-state index >= 15 is 0 Å². The second kappa shape index (κ2) is 13.2. The van der Waals surface area contributed by atoms with Gasteiger partial charge >= 0.3 is 6.11 Å². The van der Waals surface area contributed by atoms with E-state index in [-0.39, 0.29) is 17.0 Å². The summed E-state index contributed by atoms with van der Waals surface area (Å²) in [4.78, 5) is 4.16. The van der Waals surface area contributed by atoms with Crippen molar-refractivity contribution in [1.82, 2.24) is 4.98 Å². The van der Waals surface area contributed by atoms with Gasteiger partial charge in [0.2, 0.25) is 0 Å². The molecule has 1 aliphatic rings. The SMILES string of the molecule is CCCCCC1COC(c2ccc(C(F)(F)Oc3ccc(-c4ccc(-c5ccc(F)c(F)c5)nc4)c(F)c3)c(F)c2)OC1. The monoisotopic (exact) mass is 601 g/mol. The Morgan fingerprint density at radius 1 is 0.791 bits per heavy atom. The predicted molar refractivity (Wildman–Crippen MR) is 148 cm³/mol. The summed E-state index contributed by atoms with van der Waals surface area (Å²) < 4.78 is 103. The van der Waals surface area contributed by atoms with Crippen LogP contribution in [-0.4, -0.2) is 18.2 Å². The van der Waals surface area contributed by atoms with E-state index in [9.17, 15) is 26.3 Å². The van der Waals surface area contributed by atoms with Gasteiger partial charge in [0, 0.05) is 40.4 Å². The van der Waals surface area contributed by atoms with Gasteiger partial charge in [0.15, 0.2) is 17.9 Å². The van der Waals surface area contributed by atoms with Crippen LogP contribution in [0.5, 0.6) is 5.75 Å². The lowest BCUT2D eigenvalue weighted by Gasteiger charge is -2.30. The van der Waals surface area contributed by atoms with Crippen molar-refractivity contribution in [2.24, 2.45) is 5.92 Å². The first-order valence-corrected chi connectivity index (χ1v) is 14.0. The fourth-order valence-corrected chi connectivity index (χ4v) is 4.88. The number of halogens is 6. The van der Waals surface area contributed by atoms with Crippen molar-refractivity contribution in [1.29, 1.82) is 0 Å². The lowest BCUT2D eigenvalue weighted by Crippen LogP contribution is -2.27. The first-order chi connectivity index (χ1) is 20.6. The highest BCUT2D eigenvalue weighted by molar-refractivity contribution is 5.68. The van der Waals surface area contributed by atoms with E-state index in [0.29, 0.717) is 30.0 Å². The maximum atomic E-state index is 15.0. The Morgan fingerprint density at radius 3 is 2.21 bits per heavy atom. The highest BCUT2D eigenvalue weighted by atomic mass is 19.3. The standard InChI is InChI=1S/C33H29F6NO3/c1-2-3-4-5-20-18-41-32(42-19-20)22-6-11-26(29(36)15-22)33(38,39)43-24-9-10-25(28(35)16-24)23-8-13-31(40-17-23)21-7-12-27(34)30(37)14-21/h6-17,20,32H,2-5,18-19H2,1H3. The molecule has 1 saturated heterocycles. The van der Waals surface area contributed by atoms with E-state index in [4.69, 9.17) is 14.2 Å². The zero-order valence-electron chi connectivity index (χ0n) is 23.3. The van der Waals surface area contributed by atoms with Crippen molar-refractivity contribution in [3.8, 4) is 28.1 Å². The maximum absolute atomic E-state index is 15.0. The van der Waals surface area contributed by atoms with Crippen molar-refractivity contribution >= 4 is 0 Å². The Bertz CT molecular complexity index is 1560. The molecule has 4 nitrogen and oxygen atoms in total. The van der Waals surface area contributed by atoms with Gasteiger partial charge in [-0.15, -0.1) is 0 Å². The van der Waals surface area contributed by atoms with Gasteiger partial charge in [-0.05, 0) is 55.0 Å². The van der Waals surface area contributed by atoms with Gasteiger partial charge in [0.05, 0.1) is 24.5 Å². The minimum Gasteiger partial charge on any atom is -0.429 e. The third-order valence-corrected chi connectivity index (χ3v) is 7.24. The molecule has 1 aliphatic heterocycles. The molecule has 0 atom stereocenters. The molecule has 0 spiro atoms. The van der Waals surface area contributed by atoms with E-state index in [1.165, 1.54) is 36.5 Å². The van der Waals surface area contributed by atoms with Crippen LogP contribution in [0, 0.1) is 29.2 Å². The normalized spacial score (nSPS) is 17.2. The zero-order valence-corrected chi connectivity index (χ0v) is 23.3. The summed E-state index contributed by atoms with van der Waals surface area (Å²) in [6.45, 7) is 2.99. The number of nitrogens with zero attached hydrogens (tertiary/aromatic N) is 1. The number of aromatic nitrogens is 1. The number of rotatable bonds is 10. The number of hydrogen-bond donors (Lipinski definition) is 0. The van der Waals surface area contributed by atoms with Crippen molar-refractivity contribution < 1.29 is 40.6 Å². The van der Waals surface area contributed by atoms with Crippen LogP contribution in [-0.2, 0) is 15.6 Å². The number of pyridine rings is 1. The van der Waals surface area contributed by atoms with Crippen molar-refractivity contribution in [3.63, 3.8) is 0 Å². The molecule has 4 aromatic rings. The van der Waals surface area contributed by atoms with E-state index < -0.39 is 47.0 Å². The van der Waals surface area contributed by atoms with Crippen LogP contribution in [0.1, 0.15) is 50.0 Å². The van der Waals surface area contributed by atoms with E-state index in [1.54, 1.807) is 0 Å². The molecule has 2 heterocycles. The van der Waals surface area contributed by atoms with Crippen LogP contribution >= 0.6 is 0 Å². The minimum absolute atomic E-state index is 0.0376. The Kier molecular flexibility index (Phi) is 9.37. The summed E-state index contributed by atoms with van der Waals surface area (Å²) >= 11 is 0. The van der Waals surface area contributed by atoms with Gasteiger partial charge < -0.3 is 14.2 Å². The fraction of sp³-hybridized carbons (Fsp3) is 0.303. The highest BCUT2D eigenvalue weighted by Gasteiger charge is 2.38. The van der Waals surface area contributed by atoms with E-state index in [1.807, 2.05) is 0 Å². The maximum Gasteiger partial charge on any atom is 0.429 e. The molecule has 10 heteroatoms. The molecule has 0 bridgehead atoms. The Balaban J connectivity index is 1.24. The molecule has 0 saturated carbocycles. The van der Waals surface area contributed by atoms with Crippen LogP contribution in [0.3, 0.4) is 0 Å². The second-order valence-corrected chi connectivity index (χ2v) is 10.4. The second-order valence-electron chi connectivity index (χ2n) is 10.4. The molecule has 3 aromatic carbocycles. The first-order valence-electron chi connectivity index (χ1n) is 14.0. The molecule has 5 rings (SSSR count). The fourth-order valence-electron chi connectivity index (χ4n) is 4.88. The molecule has 0 radical (unpaired) electrons. The predicted octanol–water partition coefficient (Wildman–Crippen LogP) is 9.34. The summed E-state index contributed by atoms with van der Waals surface area (Å²) in [5.41, 5.74) is 0.236. The van der Waals surface area contributed by atoms with Gasteiger partial charge in [-0.1, -0.05) is 38.3 Å². The number of unbranched alkanes of at least 4 members (excludes halogenated alkanes) is 2. The lowest BCUT2D eigenvalue weighted by atomic mass is 10.0. The number of hydrogen-bond acceptors (Lipinski definition) is 4. The van der Waals surface area contributed by atoms with Gasteiger partial charge in [0.1, 0.15) is 17.4 Å². The van der Waals surface area contributed by atoms with Crippen LogP contribution < -0.4 is 4.74 Å². The summed E-state index contributed by atoms with van der Waals surface area (Å²) in [6, 6.07) is 12.5. The molecule has 0 amide bonds. The largest absolute Gasteiger partial charge is 0.429 e.